The molecular formula is C21H21NO3S. The number of aliphatic carboxylic acids is 1. The molecule has 1 heterocycles. The number of carboxylic acids is 1. The van der Waals surface area contributed by atoms with Crippen molar-refractivity contribution in [2.45, 2.75) is 32.0 Å². The van der Waals surface area contributed by atoms with Gasteiger partial charge in [-0.15, -0.1) is 11.3 Å². The largest absolute Gasteiger partial charge is 0.479 e. The Morgan fingerprint density at radius 3 is 2.31 bits per heavy atom. The van der Waals surface area contributed by atoms with E-state index >= 15 is 0 Å². The van der Waals surface area contributed by atoms with Crippen molar-refractivity contribution in [2.24, 2.45) is 0 Å². The third-order valence-corrected chi connectivity index (χ3v) is 4.73. The molecule has 0 bridgehead atoms. The molecule has 134 valence electrons. The number of hydrogen-bond acceptors (Lipinski definition) is 4. The van der Waals surface area contributed by atoms with Crippen LogP contribution in [0.1, 0.15) is 25.1 Å². The van der Waals surface area contributed by atoms with Gasteiger partial charge in [0.2, 0.25) is 5.60 Å². The number of benzene rings is 2. The molecule has 0 amide bonds. The number of rotatable bonds is 7. The fraction of sp³-hybridized carbons (Fsp3) is 0.238. The molecule has 2 aromatic carbocycles. The van der Waals surface area contributed by atoms with E-state index in [1.807, 2.05) is 68.4 Å². The van der Waals surface area contributed by atoms with E-state index in [0.29, 0.717) is 5.69 Å². The van der Waals surface area contributed by atoms with Crippen molar-refractivity contribution in [2.75, 3.05) is 0 Å². The average molecular weight is 367 g/mol. The molecule has 0 aliphatic rings. The Kier molecular flexibility index (Phi) is 5.49. The molecule has 4 nitrogen and oxygen atoms in total. The van der Waals surface area contributed by atoms with Gasteiger partial charge in [-0.1, -0.05) is 54.6 Å². The lowest BCUT2D eigenvalue weighted by molar-refractivity contribution is -0.174. The summed E-state index contributed by atoms with van der Waals surface area (Å²) in [5, 5.41) is 11.7. The normalized spacial score (nSPS) is 13.5. The van der Waals surface area contributed by atoms with Crippen LogP contribution < -0.4 is 0 Å². The summed E-state index contributed by atoms with van der Waals surface area (Å²) in [5.74, 6) is -1.02. The minimum Gasteiger partial charge on any atom is -0.479 e. The molecule has 0 radical (unpaired) electrons. The first-order chi connectivity index (χ1) is 12.5. The summed E-state index contributed by atoms with van der Waals surface area (Å²) in [4.78, 5) is 16.4. The van der Waals surface area contributed by atoms with Crippen molar-refractivity contribution < 1.29 is 14.6 Å². The summed E-state index contributed by atoms with van der Waals surface area (Å²) >= 11 is 1.37. The van der Waals surface area contributed by atoms with Crippen molar-refractivity contribution in [3.63, 3.8) is 0 Å². The number of aromatic nitrogens is 1. The Bertz CT molecular complexity index is 845. The first-order valence-corrected chi connectivity index (χ1v) is 9.40. The van der Waals surface area contributed by atoms with Crippen LogP contribution in [0.25, 0.3) is 11.1 Å². The van der Waals surface area contributed by atoms with Crippen LogP contribution in [0.2, 0.25) is 0 Å². The van der Waals surface area contributed by atoms with Gasteiger partial charge >= 0.3 is 5.97 Å². The molecule has 3 rings (SSSR count). The molecule has 0 spiro atoms. The van der Waals surface area contributed by atoms with Crippen LogP contribution in [-0.2, 0) is 21.6 Å². The SMILES string of the molecule is CC(C)OC(Cc1ccc(-c2ccccc2)cc1)(C(=O)O)c1cscn1. The lowest BCUT2D eigenvalue weighted by Crippen LogP contribution is -2.43. The number of nitrogens with zero attached hydrogens (tertiary/aromatic N) is 1. The summed E-state index contributed by atoms with van der Waals surface area (Å²) < 4.78 is 5.91. The van der Waals surface area contributed by atoms with Crippen molar-refractivity contribution in [3.8, 4) is 11.1 Å². The average Bonchev–Trinajstić information content (AvgIpc) is 3.17. The molecule has 1 aromatic heterocycles. The predicted octanol–water partition coefficient (Wildman–Crippen LogP) is 4.76. The number of thiazole rings is 1. The fourth-order valence-corrected chi connectivity index (χ4v) is 3.59. The van der Waals surface area contributed by atoms with Crippen molar-refractivity contribution in [1.29, 1.82) is 0 Å². The molecule has 0 saturated heterocycles. The van der Waals surface area contributed by atoms with E-state index in [2.05, 4.69) is 4.98 Å². The van der Waals surface area contributed by atoms with E-state index < -0.39 is 11.6 Å². The van der Waals surface area contributed by atoms with Gasteiger partial charge in [-0.2, -0.15) is 0 Å². The van der Waals surface area contributed by atoms with E-state index in [9.17, 15) is 9.90 Å². The van der Waals surface area contributed by atoms with Crippen LogP contribution in [0.5, 0.6) is 0 Å². The molecule has 26 heavy (non-hydrogen) atoms. The Labute approximate surface area is 157 Å². The highest BCUT2D eigenvalue weighted by Gasteiger charge is 2.44. The van der Waals surface area contributed by atoms with Crippen molar-refractivity contribution >= 4 is 17.3 Å². The zero-order chi connectivity index (χ0) is 18.6. The molecule has 5 heteroatoms. The molecule has 0 aliphatic carbocycles. The molecule has 3 aromatic rings. The topological polar surface area (TPSA) is 59.4 Å². The van der Waals surface area contributed by atoms with E-state index in [1.54, 1.807) is 10.9 Å². The first kappa shape index (κ1) is 18.3. The van der Waals surface area contributed by atoms with E-state index in [-0.39, 0.29) is 12.5 Å². The lowest BCUT2D eigenvalue weighted by Gasteiger charge is -2.30. The first-order valence-electron chi connectivity index (χ1n) is 8.45. The summed E-state index contributed by atoms with van der Waals surface area (Å²) in [7, 11) is 0. The van der Waals surface area contributed by atoms with Crippen LogP contribution in [0.15, 0.2) is 65.5 Å². The second-order valence-corrected chi connectivity index (χ2v) is 7.13. The van der Waals surface area contributed by atoms with E-state index in [4.69, 9.17) is 4.74 Å². The van der Waals surface area contributed by atoms with Gasteiger partial charge in [-0.3, -0.25) is 0 Å². The number of carbonyl (C=O) groups is 1. The third-order valence-electron chi connectivity index (χ3n) is 4.14. The summed E-state index contributed by atoms with van der Waals surface area (Å²) in [5.41, 5.74) is 3.70. The minimum atomic E-state index is -1.48. The van der Waals surface area contributed by atoms with E-state index in [0.717, 1.165) is 16.7 Å². The van der Waals surface area contributed by atoms with Crippen LogP contribution in [0.3, 0.4) is 0 Å². The number of carboxylic acid groups (broad SMARTS) is 1. The Morgan fingerprint density at radius 2 is 1.77 bits per heavy atom. The van der Waals surface area contributed by atoms with Crippen LogP contribution in [0, 0.1) is 0 Å². The number of ether oxygens (including phenoxy) is 1. The summed E-state index contributed by atoms with van der Waals surface area (Å²) in [6.45, 7) is 3.67. The Balaban J connectivity index is 1.93. The zero-order valence-corrected chi connectivity index (χ0v) is 15.6. The molecule has 1 N–H and O–H groups in total. The van der Waals surface area contributed by atoms with Gasteiger partial charge < -0.3 is 9.84 Å². The number of hydrogen-bond donors (Lipinski definition) is 1. The smallest absolute Gasteiger partial charge is 0.342 e. The molecule has 0 aliphatic heterocycles. The maximum Gasteiger partial charge on any atom is 0.342 e. The van der Waals surface area contributed by atoms with Crippen molar-refractivity contribution in [1.82, 2.24) is 4.98 Å². The van der Waals surface area contributed by atoms with Crippen LogP contribution in [-0.4, -0.2) is 22.2 Å². The standard InChI is InChI=1S/C21H21NO3S/c1-15(2)25-21(20(23)24,19-13-26-14-22-19)12-16-8-10-18(11-9-16)17-6-4-3-5-7-17/h3-11,13-15H,12H2,1-2H3,(H,23,24). The molecule has 1 atom stereocenters. The van der Waals surface area contributed by atoms with Crippen LogP contribution >= 0.6 is 11.3 Å². The summed E-state index contributed by atoms with van der Waals surface area (Å²) in [6.07, 6.45) is -0.0179. The Hall–Kier alpha value is -2.50. The highest BCUT2D eigenvalue weighted by atomic mass is 32.1. The van der Waals surface area contributed by atoms with Gasteiger partial charge in [-0.25, -0.2) is 9.78 Å². The Morgan fingerprint density at radius 1 is 1.12 bits per heavy atom. The van der Waals surface area contributed by atoms with Crippen LogP contribution in [0.4, 0.5) is 0 Å². The minimum absolute atomic E-state index is 0.222. The lowest BCUT2D eigenvalue weighted by atomic mass is 9.90. The maximum atomic E-state index is 12.2. The second-order valence-electron chi connectivity index (χ2n) is 6.41. The molecule has 0 saturated carbocycles. The summed E-state index contributed by atoms with van der Waals surface area (Å²) in [6, 6.07) is 18.0. The van der Waals surface area contributed by atoms with Crippen molar-refractivity contribution in [3.05, 3.63) is 76.7 Å². The fourth-order valence-electron chi connectivity index (χ4n) is 2.98. The molecular weight excluding hydrogens is 346 g/mol. The maximum absolute atomic E-state index is 12.2. The predicted molar refractivity (Wildman–Crippen MR) is 103 cm³/mol. The zero-order valence-electron chi connectivity index (χ0n) is 14.8. The van der Waals surface area contributed by atoms with E-state index in [1.165, 1.54) is 11.3 Å². The van der Waals surface area contributed by atoms with Gasteiger partial charge in [0.1, 0.15) is 0 Å². The van der Waals surface area contributed by atoms with Gasteiger partial charge in [0.05, 0.1) is 17.3 Å². The van der Waals surface area contributed by atoms with Gasteiger partial charge in [0, 0.05) is 11.8 Å². The molecule has 1 unspecified atom stereocenters. The highest BCUT2D eigenvalue weighted by molar-refractivity contribution is 7.07. The van der Waals surface area contributed by atoms with Gasteiger partial charge in [0.15, 0.2) is 0 Å². The second kappa shape index (κ2) is 7.81. The third kappa shape index (κ3) is 3.84. The molecule has 0 fully saturated rings. The van der Waals surface area contributed by atoms with Gasteiger partial charge in [-0.05, 0) is 30.5 Å². The monoisotopic (exact) mass is 367 g/mol. The quantitative estimate of drug-likeness (QED) is 0.654. The highest BCUT2D eigenvalue weighted by Crippen LogP contribution is 2.32. The van der Waals surface area contributed by atoms with Gasteiger partial charge in [0.25, 0.3) is 0 Å².